The van der Waals surface area contributed by atoms with Crippen LogP contribution in [-0.2, 0) is 0 Å². The zero-order valence-electron chi connectivity index (χ0n) is 9.60. The number of hydrogen-bond acceptors (Lipinski definition) is 5. The summed E-state index contributed by atoms with van der Waals surface area (Å²) in [5, 5.41) is 15.2. The standard InChI is InChI=1S/C11H8ClN7/c12-10-5-6-11(18-16-10)17-14-7-8-1-3-9(4-2-8)15-19-13/h1-7H,(H,17,18)/b14-7+. The van der Waals surface area contributed by atoms with Gasteiger partial charge in [-0.3, -0.25) is 5.43 Å². The van der Waals surface area contributed by atoms with Crippen molar-refractivity contribution in [2.24, 2.45) is 10.2 Å². The van der Waals surface area contributed by atoms with Gasteiger partial charge in [0, 0.05) is 10.6 Å². The van der Waals surface area contributed by atoms with Gasteiger partial charge in [0.25, 0.3) is 0 Å². The number of benzene rings is 1. The van der Waals surface area contributed by atoms with Crippen molar-refractivity contribution >= 4 is 29.3 Å². The van der Waals surface area contributed by atoms with Gasteiger partial charge in [-0.25, -0.2) is 0 Å². The number of nitrogens with zero attached hydrogens (tertiary/aromatic N) is 6. The molecule has 0 spiro atoms. The predicted octanol–water partition coefficient (Wildman–Crippen LogP) is 3.52. The molecule has 0 saturated carbocycles. The van der Waals surface area contributed by atoms with Crippen molar-refractivity contribution in [3.05, 3.63) is 57.6 Å². The molecule has 1 aromatic carbocycles. The van der Waals surface area contributed by atoms with Crippen LogP contribution in [0.15, 0.2) is 46.6 Å². The molecule has 8 heteroatoms. The molecule has 0 unspecified atom stereocenters. The van der Waals surface area contributed by atoms with Crippen LogP contribution in [0.1, 0.15) is 5.56 Å². The molecule has 1 heterocycles. The van der Waals surface area contributed by atoms with E-state index in [-0.39, 0.29) is 0 Å². The molecule has 94 valence electrons. The highest BCUT2D eigenvalue weighted by molar-refractivity contribution is 6.29. The van der Waals surface area contributed by atoms with E-state index in [1.807, 2.05) is 0 Å². The maximum atomic E-state index is 8.28. The normalized spacial score (nSPS) is 10.2. The van der Waals surface area contributed by atoms with Crippen molar-refractivity contribution < 1.29 is 0 Å². The molecule has 0 atom stereocenters. The van der Waals surface area contributed by atoms with Crippen molar-refractivity contribution in [2.45, 2.75) is 0 Å². The van der Waals surface area contributed by atoms with Crippen molar-refractivity contribution in [1.29, 1.82) is 0 Å². The van der Waals surface area contributed by atoms with Gasteiger partial charge in [0.2, 0.25) is 0 Å². The Kier molecular flexibility index (Phi) is 4.28. The number of aromatic nitrogens is 2. The van der Waals surface area contributed by atoms with Gasteiger partial charge in [-0.05, 0) is 23.2 Å². The summed E-state index contributed by atoms with van der Waals surface area (Å²) in [5.74, 6) is 0.492. The molecule has 0 fully saturated rings. The summed E-state index contributed by atoms with van der Waals surface area (Å²) < 4.78 is 0. The Bertz CT molecular complexity index is 614. The van der Waals surface area contributed by atoms with Crippen LogP contribution in [0, 0.1) is 0 Å². The van der Waals surface area contributed by atoms with Crippen molar-refractivity contribution in [3.63, 3.8) is 0 Å². The lowest BCUT2D eigenvalue weighted by Gasteiger charge is -1.97. The summed E-state index contributed by atoms with van der Waals surface area (Å²) in [6.07, 6.45) is 1.61. The Morgan fingerprint density at radius 3 is 2.58 bits per heavy atom. The van der Waals surface area contributed by atoms with E-state index in [1.54, 1.807) is 42.6 Å². The summed E-state index contributed by atoms with van der Waals surface area (Å²) in [4.78, 5) is 2.70. The Morgan fingerprint density at radius 2 is 1.95 bits per heavy atom. The Hall–Kier alpha value is -2.63. The molecule has 2 aromatic rings. The van der Waals surface area contributed by atoms with Crippen LogP contribution in [0.2, 0.25) is 5.15 Å². The highest BCUT2D eigenvalue weighted by atomic mass is 35.5. The highest BCUT2D eigenvalue weighted by Gasteiger charge is 1.93. The third-order valence-electron chi connectivity index (χ3n) is 2.08. The Labute approximate surface area is 113 Å². The van der Waals surface area contributed by atoms with Crippen molar-refractivity contribution in [3.8, 4) is 0 Å². The second-order valence-electron chi connectivity index (χ2n) is 3.39. The predicted molar refractivity (Wildman–Crippen MR) is 73.5 cm³/mol. The maximum Gasteiger partial charge on any atom is 0.168 e. The van der Waals surface area contributed by atoms with Gasteiger partial charge in [-0.2, -0.15) is 5.10 Å². The van der Waals surface area contributed by atoms with E-state index in [1.165, 1.54) is 0 Å². The van der Waals surface area contributed by atoms with Gasteiger partial charge in [0.15, 0.2) is 11.0 Å². The summed E-state index contributed by atoms with van der Waals surface area (Å²) in [6, 6.07) is 10.2. The maximum absolute atomic E-state index is 8.28. The average molecular weight is 274 g/mol. The lowest BCUT2D eigenvalue weighted by molar-refractivity contribution is 1.02. The van der Waals surface area contributed by atoms with E-state index in [4.69, 9.17) is 17.1 Å². The van der Waals surface area contributed by atoms with E-state index < -0.39 is 0 Å². The number of anilines is 1. The summed E-state index contributed by atoms with van der Waals surface area (Å²) in [6.45, 7) is 0. The number of rotatable bonds is 4. The molecule has 0 bridgehead atoms. The molecule has 0 aliphatic rings. The number of azide groups is 1. The lowest BCUT2D eigenvalue weighted by atomic mass is 10.2. The van der Waals surface area contributed by atoms with Crippen LogP contribution in [0.25, 0.3) is 10.4 Å². The van der Waals surface area contributed by atoms with Crippen LogP contribution in [-0.4, -0.2) is 16.4 Å². The molecule has 0 aliphatic carbocycles. The third-order valence-corrected chi connectivity index (χ3v) is 2.28. The first-order valence-corrected chi connectivity index (χ1v) is 5.59. The average Bonchev–Trinajstić information content (AvgIpc) is 2.43. The van der Waals surface area contributed by atoms with Gasteiger partial charge < -0.3 is 0 Å². The van der Waals surface area contributed by atoms with E-state index in [0.717, 1.165) is 5.56 Å². The fourth-order valence-electron chi connectivity index (χ4n) is 1.23. The van der Waals surface area contributed by atoms with Gasteiger partial charge in [-0.1, -0.05) is 41.0 Å². The van der Waals surface area contributed by atoms with Crippen LogP contribution in [0.3, 0.4) is 0 Å². The molecule has 0 amide bonds. The molecular weight excluding hydrogens is 266 g/mol. The minimum Gasteiger partial charge on any atom is -0.260 e. The second-order valence-corrected chi connectivity index (χ2v) is 3.78. The van der Waals surface area contributed by atoms with Crippen molar-refractivity contribution in [1.82, 2.24) is 10.2 Å². The summed E-state index contributed by atoms with van der Waals surface area (Å²) in [5.41, 5.74) is 12.4. The lowest BCUT2D eigenvalue weighted by Crippen LogP contribution is -1.94. The van der Waals surface area contributed by atoms with Gasteiger partial charge >= 0.3 is 0 Å². The Morgan fingerprint density at radius 1 is 1.16 bits per heavy atom. The SMILES string of the molecule is [N-]=[N+]=Nc1ccc(/C=N/Nc2ccc(Cl)nn2)cc1. The van der Waals surface area contributed by atoms with E-state index in [2.05, 4.69) is 30.8 Å². The number of halogens is 1. The molecule has 0 aliphatic heterocycles. The molecule has 2 rings (SSSR count). The largest absolute Gasteiger partial charge is 0.260 e. The molecule has 1 N–H and O–H groups in total. The first-order valence-electron chi connectivity index (χ1n) is 5.21. The van der Waals surface area contributed by atoms with Gasteiger partial charge in [0.1, 0.15) is 0 Å². The minimum absolute atomic E-state index is 0.322. The highest BCUT2D eigenvalue weighted by Crippen LogP contribution is 2.12. The monoisotopic (exact) mass is 273 g/mol. The third kappa shape index (κ3) is 3.95. The van der Waals surface area contributed by atoms with Crippen LogP contribution in [0.4, 0.5) is 11.5 Å². The zero-order chi connectivity index (χ0) is 13.5. The van der Waals surface area contributed by atoms with Gasteiger partial charge in [-0.15, -0.1) is 10.2 Å². The molecular formula is C11H8ClN7. The fourth-order valence-corrected chi connectivity index (χ4v) is 1.33. The second kappa shape index (κ2) is 6.34. The Balaban J connectivity index is 1.98. The first-order chi connectivity index (χ1) is 9.28. The molecule has 0 radical (unpaired) electrons. The van der Waals surface area contributed by atoms with E-state index in [9.17, 15) is 0 Å². The van der Waals surface area contributed by atoms with E-state index in [0.29, 0.717) is 16.7 Å². The zero-order valence-corrected chi connectivity index (χ0v) is 10.4. The number of nitrogens with one attached hydrogen (secondary N) is 1. The van der Waals surface area contributed by atoms with Crippen LogP contribution >= 0.6 is 11.6 Å². The van der Waals surface area contributed by atoms with Crippen molar-refractivity contribution in [2.75, 3.05) is 5.43 Å². The van der Waals surface area contributed by atoms with Crippen LogP contribution < -0.4 is 5.43 Å². The topological polar surface area (TPSA) is 98.9 Å². The molecule has 7 nitrogen and oxygen atoms in total. The number of hydrazone groups is 1. The smallest absolute Gasteiger partial charge is 0.168 e. The van der Waals surface area contributed by atoms with Crippen LogP contribution in [0.5, 0.6) is 0 Å². The van der Waals surface area contributed by atoms with Gasteiger partial charge in [0.05, 0.1) is 6.21 Å². The molecule has 1 aromatic heterocycles. The summed E-state index contributed by atoms with van der Waals surface area (Å²) >= 11 is 5.61. The minimum atomic E-state index is 0.322. The fraction of sp³-hybridized carbons (Fsp3) is 0. The molecule has 19 heavy (non-hydrogen) atoms. The first kappa shape index (κ1) is 12.8. The van der Waals surface area contributed by atoms with E-state index >= 15 is 0 Å². The quantitative estimate of drug-likeness (QED) is 0.303. The number of hydrogen-bond donors (Lipinski definition) is 1. The molecule has 0 saturated heterocycles. The summed E-state index contributed by atoms with van der Waals surface area (Å²) in [7, 11) is 0.